The van der Waals surface area contributed by atoms with Crippen molar-refractivity contribution in [2.75, 3.05) is 0 Å². The van der Waals surface area contributed by atoms with Gasteiger partial charge in [0, 0.05) is 18.2 Å². The third-order valence-corrected chi connectivity index (χ3v) is 2.87. The molecular weight excluding hydrogens is 204 g/mol. The molecule has 16 heavy (non-hydrogen) atoms. The van der Waals surface area contributed by atoms with Gasteiger partial charge in [-0.2, -0.15) is 0 Å². The van der Waals surface area contributed by atoms with Crippen molar-refractivity contribution in [3.63, 3.8) is 0 Å². The zero-order chi connectivity index (χ0) is 11.5. The number of rotatable bonds is 2. The normalized spacial score (nSPS) is 20.3. The number of nitro benzene ring substituents is 1. The Morgan fingerprint density at radius 1 is 1.44 bits per heavy atom. The van der Waals surface area contributed by atoms with Gasteiger partial charge in [0.05, 0.1) is 4.92 Å². The molecule has 0 fully saturated rings. The van der Waals surface area contributed by atoms with Crippen molar-refractivity contribution in [2.45, 2.75) is 25.3 Å². The Kier molecular flexibility index (Phi) is 3.01. The molecule has 1 aliphatic carbocycles. The summed E-state index contributed by atoms with van der Waals surface area (Å²) < 4.78 is 0. The fraction of sp³-hybridized carbons (Fsp3) is 0.333. The van der Waals surface area contributed by atoms with Crippen molar-refractivity contribution in [1.82, 2.24) is 0 Å². The van der Waals surface area contributed by atoms with Crippen LogP contribution in [-0.2, 0) is 0 Å². The molecule has 1 aromatic carbocycles. The molecule has 0 aliphatic heterocycles. The second-order valence-corrected chi connectivity index (χ2v) is 4.00. The summed E-state index contributed by atoms with van der Waals surface area (Å²) in [5.74, 6) is 0. The van der Waals surface area contributed by atoms with Gasteiger partial charge in [0.2, 0.25) is 0 Å². The minimum absolute atomic E-state index is 0.00996. The number of allylic oxidation sites excluding steroid dienone is 1. The maximum absolute atomic E-state index is 10.7. The van der Waals surface area contributed by atoms with Crippen molar-refractivity contribution in [3.8, 4) is 0 Å². The SMILES string of the molecule is NC1CCCC=C1c1cccc([N+](=O)[O-])c1. The van der Waals surface area contributed by atoms with Gasteiger partial charge >= 0.3 is 0 Å². The average molecular weight is 218 g/mol. The zero-order valence-corrected chi connectivity index (χ0v) is 8.93. The van der Waals surface area contributed by atoms with Gasteiger partial charge < -0.3 is 5.73 Å². The van der Waals surface area contributed by atoms with Gasteiger partial charge in [-0.3, -0.25) is 10.1 Å². The van der Waals surface area contributed by atoms with E-state index in [1.807, 2.05) is 6.07 Å². The highest BCUT2D eigenvalue weighted by atomic mass is 16.6. The summed E-state index contributed by atoms with van der Waals surface area (Å²) in [4.78, 5) is 10.3. The van der Waals surface area contributed by atoms with Crippen LogP contribution in [0.25, 0.3) is 5.57 Å². The highest BCUT2D eigenvalue weighted by Gasteiger charge is 2.16. The van der Waals surface area contributed by atoms with E-state index in [1.54, 1.807) is 12.1 Å². The Balaban J connectivity index is 2.36. The Bertz CT molecular complexity index is 440. The average Bonchev–Trinajstić information content (AvgIpc) is 2.30. The van der Waals surface area contributed by atoms with Gasteiger partial charge in [0.1, 0.15) is 0 Å². The molecule has 0 aromatic heterocycles. The van der Waals surface area contributed by atoms with Gasteiger partial charge in [0.25, 0.3) is 5.69 Å². The predicted molar refractivity (Wildman–Crippen MR) is 62.9 cm³/mol. The maximum Gasteiger partial charge on any atom is 0.270 e. The monoisotopic (exact) mass is 218 g/mol. The van der Waals surface area contributed by atoms with Crippen LogP contribution in [0, 0.1) is 10.1 Å². The molecule has 1 atom stereocenters. The van der Waals surface area contributed by atoms with Crippen molar-refractivity contribution >= 4 is 11.3 Å². The fourth-order valence-corrected chi connectivity index (χ4v) is 2.03. The quantitative estimate of drug-likeness (QED) is 0.612. The number of nitrogens with zero attached hydrogens (tertiary/aromatic N) is 1. The molecule has 1 unspecified atom stereocenters. The summed E-state index contributed by atoms with van der Waals surface area (Å²) in [5.41, 5.74) is 8.03. The minimum Gasteiger partial charge on any atom is -0.324 e. The van der Waals surface area contributed by atoms with Crippen LogP contribution >= 0.6 is 0 Å². The number of benzene rings is 1. The fourth-order valence-electron chi connectivity index (χ4n) is 2.03. The molecule has 0 saturated heterocycles. The second-order valence-electron chi connectivity index (χ2n) is 4.00. The van der Waals surface area contributed by atoms with Gasteiger partial charge in [-0.15, -0.1) is 0 Å². The molecule has 4 heteroatoms. The highest BCUT2D eigenvalue weighted by molar-refractivity contribution is 5.71. The molecule has 0 amide bonds. The van der Waals surface area contributed by atoms with Gasteiger partial charge in [0.15, 0.2) is 0 Å². The maximum atomic E-state index is 10.7. The number of non-ortho nitro benzene ring substituents is 1. The van der Waals surface area contributed by atoms with Gasteiger partial charge in [-0.25, -0.2) is 0 Å². The minimum atomic E-state index is -0.377. The molecule has 0 bridgehead atoms. The predicted octanol–water partition coefficient (Wildman–Crippen LogP) is 2.49. The van der Waals surface area contributed by atoms with E-state index < -0.39 is 0 Å². The van der Waals surface area contributed by atoms with Crippen molar-refractivity contribution in [3.05, 3.63) is 46.0 Å². The smallest absolute Gasteiger partial charge is 0.270 e. The summed E-state index contributed by atoms with van der Waals surface area (Å²) in [6.07, 6.45) is 5.15. The van der Waals surface area contributed by atoms with E-state index >= 15 is 0 Å². The first-order valence-electron chi connectivity index (χ1n) is 5.39. The van der Waals surface area contributed by atoms with E-state index in [4.69, 9.17) is 5.73 Å². The first-order valence-corrected chi connectivity index (χ1v) is 5.39. The molecule has 0 saturated carbocycles. The van der Waals surface area contributed by atoms with E-state index in [2.05, 4.69) is 6.08 Å². The van der Waals surface area contributed by atoms with Crippen LogP contribution in [-0.4, -0.2) is 11.0 Å². The first-order chi connectivity index (χ1) is 7.68. The van der Waals surface area contributed by atoms with Crippen molar-refractivity contribution in [2.24, 2.45) is 5.73 Å². The molecule has 2 N–H and O–H groups in total. The summed E-state index contributed by atoms with van der Waals surface area (Å²) in [5, 5.41) is 10.7. The van der Waals surface area contributed by atoms with Crippen LogP contribution in [0.1, 0.15) is 24.8 Å². The summed E-state index contributed by atoms with van der Waals surface area (Å²) >= 11 is 0. The lowest BCUT2D eigenvalue weighted by Crippen LogP contribution is -2.23. The molecule has 0 heterocycles. The number of hydrogen-bond donors (Lipinski definition) is 1. The lowest BCUT2D eigenvalue weighted by Gasteiger charge is -2.20. The van der Waals surface area contributed by atoms with Crippen LogP contribution in [0.5, 0.6) is 0 Å². The van der Waals surface area contributed by atoms with Gasteiger partial charge in [-0.1, -0.05) is 18.2 Å². The Hall–Kier alpha value is -1.68. The van der Waals surface area contributed by atoms with E-state index in [1.165, 1.54) is 6.07 Å². The Morgan fingerprint density at radius 2 is 2.25 bits per heavy atom. The lowest BCUT2D eigenvalue weighted by atomic mass is 9.89. The third-order valence-electron chi connectivity index (χ3n) is 2.87. The van der Waals surface area contributed by atoms with E-state index in [0.717, 1.165) is 30.4 Å². The van der Waals surface area contributed by atoms with Crippen molar-refractivity contribution < 1.29 is 4.92 Å². The number of hydrogen-bond acceptors (Lipinski definition) is 3. The lowest BCUT2D eigenvalue weighted by molar-refractivity contribution is -0.384. The summed E-state index contributed by atoms with van der Waals surface area (Å²) in [6, 6.07) is 6.69. The van der Waals surface area contributed by atoms with Crippen molar-refractivity contribution in [1.29, 1.82) is 0 Å². The summed E-state index contributed by atoms with van der Waals surface area (Å²) in [6.45, 7) is 0. The number of nitro groups is 1. The van der Waals surface area contributed by atoms with Gasteiger partial charge in [-0.05, 0) is 30.4 Å². The molecule has 1 aliphatic rings. The molecule has 84 valence electrons. The standard InChI is InChI=1S/C12H14N2O2/c13-12-7-2-1-6-11(12)9-4-3-5-10(8-9)14(15)16/h3-6,8,12H,1-2,7,13H2. The molecule has 4 nitrogen and oxygen atoms in total. The third kappa shape index (κ3) is 2.12. The molecule has 0 radical (unpaired) electrons. The molecule has 2 rings (SSSR count). The molecule has 1 aromatic rings. The second kappa shape index (κ2) is 4.45. The Morgan fingerprint density at radius 3 is 2.94 bits per heavy atom. The van der Waals surface area contributed by atoms with E-state index in [0.29, 0.717) is 0 Å². The Labute approximate surface area is 93.9 Å². The van der Waals surface area contributed by atoms with E-state index in [9.17, 15) is 10.1 Å². The van der Waals surface area contributed by atoms with Crippen LogP contribution in [0.15, 0.2) is 30.3 Å². The zero-order valence-electron chi connectivity index (χ0n) is 8.93. The topological polar surface area (TPSA) is 69.2 Å². The highest BCUT2D eigenvalue weighted by Crippen LogP contribution is 2.27. The van der Waals surface area contributed by atoms with Crippen LogP contribution in [0.3, 0.4) is 0 Å². The van der Waals surface area contributed by atoms with Crippen LogP contribution in [0.4, 0.5) is 5.69 Å². The van der Waals surface area contributed by atoms with Crippen LogP contribution < -0.4 is 5.73 Å². The van der Waals surface area contributed by atoms with Crippen LogP contribution in [0.2, 0.25) is 0 Å². The molecular formula is C12H14N2O2. The van der Waals surface area contributed by atoms with E-state index in [-0.39, 0.29) is 16.7 Å². The largest absolute Gasteiger partial charge is 0.324 e. The molecule has 0 spiro atoms. The summed E-state index contributed by atoms with van der Waals surface area (Å²) in [7, 11) is 0. The number of nitrogens with two attached hydrogens (primary N) is 1. The first kappa shape index (κ1) is 10.8.